The molecule has 9 nitrogen and oxygen atoms in total. The zero-order valence-electron chi connectivity index (χ0n) is 23.3. The Kier molecular flexibility index (Phi) is 5.87. The first-order valence-corrected chi connectivity index (χ1v) is 14.4. The van der Waals surface area contributed by atoms with Gasteiger partial charge in [0.2, 0.25) is 0 Å². The van der Waals surface area contributed by atoms with Crippen molar-refractivity contribution in [3.05, 3.63) is 0 Å². The number of aliphatic hydroxyl groups is 4. The fraction of sp³-hybridized carbons (Fsp3) is 0.931. The van der Waals surface area contributed by atoms with Crippen LogP contribution < -0.4 is 0 Å². The summed E-state index contributed by atoms with van der Waals surface area (Å²) in [7, 11) is 1.52. The molecule has 2 saturated heterocycles. The number of cyclic esters (lactones) is 1. The number of ketones is 1. The van der Waals surface area contributed by atoms with E-state index in [2.05, 4.69) is 6.92 Å². The number of aliphatic hydroxyl groups excluding tert-OH is 3. The average Bonchev–Trinajstić information content (AvgIpc) is 3.45. The summed E-state index contributed by atoms with van der Waals surface area (Å²) in [5.74, 6) is -1.52. The molecule has 4 N–H and O–H groups in total. The number of carbonyl (C=O) groups is 2. The number of Topliss-reactive ketones (excluding diaryl/α,β-unsaturated/α-hetero) is 1. The molecule has 2 aliphatic heterocycles. The Morgan fingerprint density at radius 3 is 2.42 bits per heavy atom. The summed E-state index contributed by atoms with van der Waals surface area (Å²) in [5, 5.41) is 46.0. The van der Waals surface area contributed by atoms with Gasteiger partial charge in [0.05, 0.1) is 35.2 Å². The van der Waals surface area contributed by atoms with Crippen LogP contribution in [0.3, 0.4) is 0 Å². The lowest BCUT2D eigenvalue weighted by Crippen LogP contribution is -2.68. The Morgan fingerprint density at radius 1 is 1.13 bits per heavy atom. The number of ether oxygens (including phenoxy) is 3. The monoisotopic (exact) mass is 536 g/mol. The molecule has 0 aromatic heterocycles. The third-order valence-corrected chi connectivity index (χ3v) is 12.8. The Morgan fingerprint density at radius 2 is 1.82 bits per heavy atom. The molecular formula is C29H44O9. The van der Waals surface area contributed by atoms with E-state index in [0.717, 1.165) is 0 Å². The molecule has 38 heavy (non-hydrogen) atoms. The first kappa shape index (κ1) is 27.1. The normalized spacial score (nSPS) is 57.7. The molecule has 214 valence electrons. The van der Waals surface area contributed by atoms with Crippen molar-refractivity contribution in [3.8, 4) is 0 Å². The lowest BCUT2D eigenvalue weighted by molar-refractivity contribution is -0.204. The van der Waals surface area contributed by atoms with Gasteiger partial charge in [-0.3, -0.25) is 9.59 Å². The van der Waals surface area contributed by atoms with Crippen LogP contribution >= 0.6 is 0 Å². The van der Waals surface area contributed by atoms with Crippen molar-refractivity contribution in [1.29, 1.82) is 0 Å². The van der Waals surface area contributed by atoms with Crippen molar-refractivity contribution in [2.45, 2.75) is 115 Å². The summed E-state index contributed by atoms with van der Waals surface area (Å²) in [6, 6.07) is 0. The first-order chi connectivity index (χ1) is 17.7. The van der Waals surface area contributed by atoms with Crippen LogP contribution in [0.5, 0.6) is 0 Å². The van der Waals surface area contributed by atoms with Crippen LogP contribution in [0.25, 0.3) is 0 Å². The third-order valence-electron chi connectivity index (χ3n) is 12.8. The standard InChI is InChI=1S/C29H44O9/c1-12-13(2)25(34)37-21(12)24(33)28(5,35)22-17(30)10-16-14-9-20-29(38-20)23(32)18(36-6)11-19(31)27(29,4)15(14)7-8-26(16,22)3/h12-18,20-24,30,32-33,35H,7-11H2,1-6H3. The van der Waals surface area contributed by atoms with E-state index in [1.54, 1.807) is 13.8 Å². The van der Waals surface area contributed by atoms with E-state index in [0.29, 0.717) is 25.7 Å². The van der Waals surface area contributed by atoms with Gasteiger partial charge in [0.1, 0.15) is 29.7 Å². The molecule has 2 heterocycles. The minimum Gasteiger partial charge on any atom is -0.459 e. The van der Waals surface area contributed by atoms with Gasteiger partial charge in [0.25, 0.3) is 0 Å². The van der Waals surface area contributed by atoms with E-state index in [1.807, 2.05) is 13.8 Å². The Hall–Kier alpha value is -1.10. The molecule has 6 rings (SSSR count). The van der Waals surface area contributed by atoms with E-state index in [1.165, 1.54) is 7.11 Å². The molecule has 0 radical (unpaired) electrons. The summed E-state index contributed by atoms with van der Waals surface area (Å²) in [6.45, 7) is 9.23. The molecule has 0 aromatic carbocycles. The molecule has 4 saturated carbocycles. The maximum Gasteiger partial charge on any atom is 0.309 e. The molecule has 0 amide bonds. The highest BCUT2D eigenvalue weighted by molar-refractivity contribution is 5.89. The summed E-state index contributed by atoms with van der Waals surface area (Å²) < 4.78 is 17.2. The molecule has 4 aliphatic carbocycles. The lowest BCUT2D eigenvalue weighted by atomic mass is 9.43. The Balaban J connectivity index is 1.31. The molecule has 6 fully saturated rings. The fourth-order valence-electron chi connectivity index (χ4n) is 10.5. The van der Waals surface area contributed by atoms with E-state index >= 15 is 0 Å². The van der Waals surface area contributed by atoms with E-state index in [9.17, 15) is 30.0 Å². The molecule has 0 bridgehead atoms. The van der Waals surface area contributed by atoms with Crippen molar-refractivity contribution < 1.29 is 44.2 Å². The SMILES string of the molecule is COC1CC(=O)C2(C)C3CCC4(C)C(CC(O)C4C(C)(O)C(O)C4OC(=O)C(C)C4C)C3CC3OC32C1O. The highest BCUT2D eigenvalue weighted by Crippen LogP contribution is 2.74. The summed E-state index contributed by atoms with van der Waals surface area (Å²) >= 11 is 0. The maximum absolute atomic E-state index is 13.7. The van der Waals surface area contributed by atoms with Gasteiger partial charge in [-0.15, -0.1) is 0 Å². The van der Waals surface area contributed by atoms with Gasteiger partial charge in [-0.2, -0.15) is 0 Å². The molecule has 0 aromatic rings. The van der Waals surface area contributed by atoms with Crippen LogP contribution in [0.15, 0.2) is 0 Å². The number of epoxide rings is 1. The topological polar surface area (TPSA) is 146 Å². The molecular weight excluding hydrogens is 492 g/mol. The van der Waals surface area contributed by atoms with Gasteiger partial charge in [-0.1, -0.05) is 20.8 Å². The summed E-state index contributed by atoms with van der Waals surface area (Å²) in [5.41, 5.74) is -3.96. The zero-order valence-corrected chi connectivity index (χ0v) is 23.3. The Labute approximate surface area is 224 Å². The highest BCUT2D eigenvalue weighted by Gasteiger charge is 2.82. The molecule has 1 spiro atoms. The van der Waals surface area contributed by atoms with Crippen LogP contribution in [-0.4, -0.2) is 87.1 Å². The van der Waals surface area contributed by atoms with Crippen molar-refractivity contribution in [2.24, 2.45) is 46.3 Å². The second-order valence-electron chi connectivity index (χ2n) is 14.1. The van der Waals surface area contributed by atoms with Crippen molar-refractivity contribution >= 4 is 11.8 Å². The Bertz CT molecular complexity index is 1030. The largest absolute Gasteiger partial charge is 0.459 e. The van der Waals surface area contributed by atoms with Crippen LogP contribution in [0.4, 0.5) is 0 Å². The number of hydrogen-bond acceptors (Lipinski definition) is 9. The van der Waals surface area contributed by atoms with Crippen LogP contribution in [0, 0.1) is 46.3 Å². The lowest BCUT2D eigenvalue weighted by Gasteiger charge is -2.60. The third kappa shape index (κ3) is 3.04. The van der Waals surface area contributed by atoms with E-state index in [-0.39, 0.29) is 53.9 Å². The van der Waals surface area contributed by atoms with E-state index < -0.39 is 58.5 Å². The molecule has 9 heteroatoms. The van der Waals surface area contributed by atoms with Gasteiger partial charge in [-0.05, 0) is 62.7 Å². The quantitative estimate of drug-likeness (QED) is 0.308. The van der Waals surface area contributed by atoms with Gasteiger partial charge < -0.3 is 34.6 Å². The maximum atomic E-state index is 13.7. The van der Waals surface area contributed by atoms with Crippen molar-refractivity contribution in [3.63, 3.8) is 0 Å². The fourth-order valence-corrected chi connectivity index (χ4v) is 10.5. The van der Waals surface area contributed by atoms with Crippen LogP contribution in [-0.2, 0) is 23.8 Å². The van der Waals surface area contributed by atoms with Gasteiger partial charge in [0, 0.05) is 25.4 Å². The van der Waals surface area contributed by atoms with Crippen molar-refractivity contribution in [1.82, 2.24) is 0 Å². The average molecular weight is 537 g/mol. The molecule has 16 unspecified atom stereocenters. The smallest absolute Gasteiger partial charge is 0.309 e. The zero-order chi connectivity index (χ0) is 27.7. The van der Waals surface area contributed by atoms with Gasteiger partial charge >= 0.3 is 5.97 Å². The second-order valence-corrected chi connectivity index (χ2v) is 14.1. The van der Waals surface area contributed by atoms with Crippen molar-refractivity contribution in [2.75, 3.05) is 7.11 Å². The number of carbonyl (C=O) groups excluding carboxylic acids is 2. The summed E-state index contributed by atoms with van der Waals surface area (Å²) in [6.07, 6.45) is -2.10. The van der Waals surface area contributed by atoms with Gasteiger partial charge in [0.15, 0.2) is 0 Å². The number of fused-ring (bicyclic) bond motifs is 4. The van der Waals surface area contributed by atoms with Crippen LogP contribution in [0.2, 0.25) is 0 Å². The minimum atomic E-state index is -1.69. The number of rotatable bonds is 4. The molecule has 6 aliphatic rings. The second kappa shape index (κ2) is 8.23. The predicted molar refractivity (Wildman–Crippen MR) is 134 cm³/mol. The van der Waals surface area contributed by atoms with E-state index in [4.69, 9.17) is 14.2 Å². The highest BCUT2D eigenvalue weighted by atomic mass is 16.6. The first-order valence-electron chi connectivity index (χ1n) is 14.4. The van der Waals surface area contributed by atoms with Crippen LogP contribution in [0.1, 0.15) is 66.7 Å². The number of esters is 1. The predicted octanol–water partition coefficient (Wildman–Crippen LogP) is 1.22. The summed E-state index contributed by atoms with van der Waals surface area (Å²) in [4.78, 5) is 25.9. The minimum absolute atomic E-state index is 0.00603. The number of methoxy groups -OCH3 is 1. The number of hydrogen-bond donors (Lipinski definition) is 4. The van der Waals surface area contributed by atoms with Gasteiger partial charge in [-0.25, -0.2) is 0 Å². The molecule has 16 atom stereocenters.